The molecule has 0 spiro atoms. The van der Waals surface area contributed by atoms with Crippen molar-refractivity contribution in [2.24, 2.45) is 0 Å². The first kappa shape index (κ1) is 15.8. The van der Waals surface area contributed by atoms with E-state index in [1.165, 1.54) is 0 Å². The molecule has 0 saturated heterocycles. The van der Waals surface area contributed by atoms with Gasteiger partial charge in [-0.25, -0.2) is 0 Å². The Kier molecular flexibility index (Phi) is 6.43. The van der Waals surface area contributed by atoms with Crippen molar-refractivity contribution in [3.8, 4) is 0 Å². The number of alkyl halides is 1. The van der Waals surface area contributed by atoms with Gasteiger partial charge in [0.2, 0.25) is 0 Å². The Morgan fingerprint density at radius 3 is 2.67 bits per heavy atom. The predicted octanol–water partition coefficient (Wildman–Crippen LogP) is 3.48. The Hall–Kier alpha value is -0.290. The Morgan fingerprint density at radius 2 is 2.11 bits per heavy atom. The molecule has 1 atom stereocenters. The maximum absolute atomic E-state index is 12.1. The number of benzene rings is 1. The van der Waals surface area contributed by atoms with Crippen molar-refractivity contribution in [2.75, 3.05) is 27.3 Å². The summed E-state index contributed by atoms with van der Waals surface area (Å²) in [5.41, 5.74) is 0.518. The molecule has 0 aliphatic carbocycles. The molecule has 3 nitrogen and oxygen atoms in total. The smallest absolute Gasteiger partial charge is 0.253 e. The molecule has 18 heavy (non-hydrogen) atoms. The van der Waals surface area contributed by atoms with E-state index in [9.17, 15) is 4.79 Å². The highest BCUT2D eigenvalue weighted by Gasteiger charge is 2.16. The fourth-order valence-corrected chi connectivity index (χ4v) is 2.46. The standard InChI is InChI=1S/C12H14BrCl2NO2/c1-16(6-9(13)7-18-2)12(17)8-3-4-10(14)11(15)5-8/h3-5,9H,6-7H2,1-2H3. The molecule has 6 heteroatoms. The van der Waals surface area contributed by atoms with Crippen molar-refractivity contribution < 1.29 is 9.53 Å². The Morgan fingerprint density at radius 1 is 1.44 bits per heavy atom. The number of carbonyl (C=O) groups is 1. The number of hydrogen-bond donors (Lipinski definition) is 0. The average Bonchev–Trinajstić information content (AvgIpc) is 2.32. The molecular formula is C12H14BrCl2NO2. The lowest BCUT2D eigenvalue weighted by atomic mass is 10.2. The van der Waals surface area contributed by atoms with E-state index in [-0.39, 0.29) is 10.7 Å². The molecule has 0 aromatic heterocycles. The molecule has 1 aromatic rings. The summed E-state index contributed by atoms with van der Waals surface area (Å²) < 4.78 is 5.00. The van der Waals surface area contributed by atoms with Crippen molar-refractivity contribution >= 4 is 45.0 Å². The SMILES string of the molecule is COCC(Br)CN(C)C(=O)c1ccc(Cl)c(Cl)c1. The highest BCUT2D eigenvalue weighted by Crippen LogP contribution is 2.23. The minimum absolute atomic E-state index is 0.0965. The van der Waals surface area contributed by atoms with Crippen LogP contribution in [0.2, 0.25) is 10.0 Å². The summed E-state index contributed by atoms with van der Waals surface area (Å²) in [6.07, 6.45) is 0. The van der Waals surface area contributed by atoms with Gasteiger partial charge in [0, 0.05) is 26.3 Å². The van der Waals surface area contributed by atoms with Crippen LogP contribution in [0, 0.1) is 0 Å². The van der Waals surface area contributed by atoms with Gasteiger partial charge in [0.25, 0.3) is 5.91 Å². The summed E-state index contributed by atoms with van der Waals surface area (Å²) in [7, 11) is 3.35. The van der Waals surface area contributed by atoms with Gasteiger partial charge in [0.05, 0.1) is 21.5 Å². The topological polar surface area (TPSA) is 29.5 Å². The van der Waals surface area contributed by atoms with Crippen LogP contribution in [0.4, 0.5) is 0 Å². The highest BCUT2D eigenvalue weighted by atomic mass is 79.9. The Labute approximate surface area is 125 Å². The third-order valence-corrected chi connectivity index (χ3v) is 3.63. The van der Waals surface area contributed by atoms with Gasteiger partial charge in [0.15, 0.2) is 0 Å². The lowest BCUT2D eigenvalue weighted by Crippen LogP contribution is -2.33. The number of ether oxygens (including phenoxy) is 1. The molecule has 1 aromatic carbocycles. The van der Waals surface area contributed by atoms with Crippen molar-refractivity contribution in [3.05, 3.63) is 33.8 Å². The van der Waals surface area contributed by atoms with Crippen LogP contribution in [0.25, 0.3) is 0 Å². The van der Waals surface area contributed by atoms with E-state index in [1.807, 2.05) is 0 Å². The fourth-order valence-electron chi connectivity index (χ4n) is 1.46. The number of hydrogen-bond acceptors (Lipinski definition) is 2. The van der Waals surface area contributed by atoms with Crippen molar-refractivity contribution in [1.29, 1.82) is 0 Å². The van der Waals surface area contributed by atoms with E-state index in [2.05, 4.69) is 15.9 Å². The average molecular weight is 355 g/mol. The zero-order valence-electron chi connectivity index (χ0n) is 10.1. The minimum Gasteiger partial charge on any atom is -0.383 e. The zero-order chi connectivity index (χ0) is 13.7. The van der Waals surface area contributed by atoms with Gasteiger partial charge in [-0.15, -0.1) is 0 Å². The number of amides is 1. The van der Waals surface area contributed by atoms with Crippen molar-refractivity contribution in [3.63, 3.8) is 0 Å². The molecule has 0 aliphatic rings. The first-order valence-corrected chi connectivity index (χ1v) is 6.96. The molecule has 0 aliphatic heterocycles. The third-order valence-electron chi connectivity index (χ3n) is 2.33. The number of nitrogens with zero attached hydrogens (tertiary/aromatic N) is 1. The van der Waals surface area contributed by atoms with Gasteiger partial charge in [-0.05, 0) is 18.2 Å². The summed E-state index contributed by atoms with van der Waals surface area (Å²) in [5, 5.41) is 0.817. The molecule has 0 heterocycles. The number of methoxy groups -OCH3 is 1. The van der Waals surface area contributed by atoms with Gasteiger partial charge in [0.1, 0.15) is 0 Å². The van der Waals surface area contributed by atoms with Crippen LogP contribution in [0.15, 0.2) is 18.2 Å². The molecular weight excluding hydrogens is 341 g/mol. The molecule has 0 N–H and O–H groups in total. The van der Waals surface area contributed by atoms with E-state index in [0.29, 0.717) is 28.8 Å². The molecule has 1 amide bonds. The minimum atomic E-state index is -0.103. The molecule has 0 radical (unpaired) electrons. The van der Waals surface area contributed by atoms with Gasteiger partial charge in [-0.1, -0.05) is 39.1 Å². The van der Waals surface area contributed by atoms with E-state index in [1.54, 1.807) is 37.3 Å². The second kappa shape index (κ2) is 7.34. The van der Waals surface area contributed by atoms with Crippen LogP contribution in [-0.4, -0.2) is 42.9 Å². The van der Waals surface area contributed by atoms with E-state index in [4.69, 9.17) is 27.9 Å². The molecule has 1 unspecified atom stereocenters. The predicted molar refractivity (Wildman–Crippen MR) is 78.0 cm³/mol. The van der Waals surface area contributed by atoms with Crippen molar-refractivity contribution in [1.82, 2.24) is 4.90 Å². The monoisotopic (exact) mass is 353 g/mol. The van der Waals surface area contributed by atoms with Gasteiger partial charge in [-0.2, -0.15) is 0 Å². The lowest BCUT2D eigenvalue weighted by Gasteiger charge is -2.20. The number of halogens is 3. The molecule has 0 fully saturated rings. The third kappa shape index (κ3) is 4.43. The highest BCUT2D eigenvalue weighted by molar-refractivity contribution is 9.09. The van der Waals surface area contributed by atoms with Crippen LogP contribution in [0.5, 0.6) is 0 Å². The van der Waals surface area contributed by atoms with Gasteiger partial charge in [-0.3, -0.25) is 4.79 Å². The van der Waals surface area contributed by atoms with Crippen LogP contribution in [0.3, 0.4) is 0 Å². The summed E-state index contributed by atoms with van der Waals surface area (Å²) in [6, 6.07) is 4.85. The summed E-state index contributed by atoms with van der Waals surface area (Å²) in [6.45, 7) is 1.09. The molecule has 100 valence electrons. The fraction of sp³-hybridized carbons (Fsp3) is 0.417. The quantitative estimate of drug-likeness (QED) is 0.757. The van der Waals surface area contributed by atoms with Gasteiger partial charge < -0.3 is 9.64 Å². The van der Waals surface area contributed by atoms with E-state index < -0.39 is 0 Å². The second-order valence-corrected chi connectivity index (χ2v) is 5.98. The van der Waals surface area contributed by atoms with Crippen molar-refractivity contribution in [2.45, 2.75) is 4.83 Å². The summed E-state index contributed by atoms with van der Waals surface area (Å²) in [5.74, 6) is -0.103. The first-order valence-electron chi connectivity index (χ1n) is 5.29. The maximum atomic E-state index is 12.1. The lowest BCUT2D eigenvalue weighted by molar-refractivity contribution is 0.0784. The second-order valence-electron chi connectivity index (χ2n) is 3.87. The molecule has 1 rings (SSSR count). The largest absolute Gasteiger partial charge is 0.383 e. The first-order chi connectivity index (χ1) is 8.45. The van der Waals surface area contributed by atoms with Crippen LogP contribution < -0.4 is 0 Å². The Bertz CT molecular complexity index is 429. The number of rotatable bonds is 5. The summed E-state index contributed by atoms with van der Waals surface area (Å²) in [4.78, 5) is 13.8. The molecule has 0 bridgehead atoms. The maximum Gasteiger partial charge on any atom is 0.253 e. The zero-order valence-corrected chi connectivity index (χ0v) is 13.2. The van der Waals surface area contributed by atoms with E-state index in [0.717, 1.165) is 0 Å². The molecule has 0 saturated carbocycles. The van der Waals surface area contributed by atoms with Crippen LogP contribution in [0.1, 0.15) is 10.4 Å². The number of carbonyl (C=O) groups excluding carboxylic acids is 1. The normalized spacial score (nSPS) is 12.3. The van der Waals surface area contributed by atoms with Crippen LogP contribution in [-0.2, 0) is 4.74 Å². The summed E-state index contributed by atoms with van der Waals surface area (Å²) >= 11 is 15.1. The van der Waals surface area contributed by atoms with E-state index >= 15 is 0 Å². The Balaban J connectivity index is 2.71. The van der Waals surface area contributed by atoms with Gasteiger partial charge >= 0.3 is 0 Å². The van der Waals surface area contributed by atoms with Crippen LogP contribution >= 0.6 is 39.1 Å².